The fourth-order valence-electron chi connectivity index (χ4n) is 3.15. The van der Waals surface area contributed by atoms with Gasteiger partial charge in [-0.1, -0.05) is 37.4 Å². The molecule has 1 aromatic heterocycles. The molecule has 6 nitrogen and oxygen atoms in total. The number of H-pyrrole nitrogens is 1. The van der Waals surface area contributed by atoms with Crippen LogP contribution in [0.25, 0.3) is 0 Å². The SMILES string of the molecule is CC(=O)c1ccc(NC(=O)[C@H](C)Sc2n[nH]c(CC3CCCC3)n2)cc1. The van der Waals surface area contributed by atoms with Crippen LogP contribution in [0.4, 0.5) is 5.69 Å². The molecule has 3 rings (SSSR count). The Labute approximate surface area is 157 Å². The number of carbonyl (C=O) groups excluding carboxylic acids is 2. The van der Waals surface area contributed by atoms with Crippen LogP contribution in [0.1, 0.15) is 55.7 Å². The lowest BCUT2D eigenvalue weighted by Gasteiger charge is -2.10. The lowest BCUT2D eigenvalue weighted by Crippen LogP contribution is -2.22. The zero-order valence-corrected chi connectivity index (χ0v) is 15.9. The van der Waals surface area contributed by atoms with Crippen LogP contribution < -0.4 is 5.32 Å². The van der Waals surface area contributed by atoms with E-state index in [4.69, 9.17) is 0 Å². The highest BCUT2D eigenvalue weighted by atomic mass is 32.2. The predicted molar refractivity (Wildman–Crippen MR) is 102 cm³/mol. The van der Waals surface area contributed by atoms with Crippen LogP contribution >= 0.6 is 11.8 Å². The number of nitrogens with one attached hydrogen (secondary N) is 2. The molecule has 0 spiro atoms. The zero-order valence-electron chi connectivity index (χ0n) is 15.1. The maximum atomic E-state index is 12.4. The fourth-order valence-corrected chi connectivity index (χ4v) is 3.90. The molecule has 1 aliphatic rings. The van der Waals surface area contributed by atoms with Gasteiger partial charge in [0.05, 0.1) is 5.25 Å². The number of aromatic nitrogens is 3. The first-order valence-electron chi connectivity index (χ1n) is 9.01. The Morgan fingerprint density at radius 2 is 1.96 bits per heavy atom. The van der Waals surface area contributed by atoms with Crippen molar-refractivity contribution in [2.45, 2.75) is 56.4 Å². The number of anilines is 1. The molecule has 1 saturated carbocycles. The number of benzene rings is 1. The van der Waals surface area contributed by atoms with Crippen LogP contribution in [-0.4, -0.2) is 32.1 Å². The molecule has 0 aliphatic heterocycles. The van der Waals surface area contributed by atoms with Crippen LogP contribution in [-0.2, 0) is 11.2 Å². The number of aromatic amines is 1. The van der Waals surface area contributed by atoms with Gasteiger partial charge in [-0.25, -0.2) is 4.98 Å². The maximum Gasteiger partial charge on any atom is 0.237 e. The zero-order chi connectivity index (χ0) is 18.5. The summed E-state index contributed by atoms with van der Waals surface area (Å²) in [5.74, 6) is 1.50. The Bertz CT molecular complexity index is 766. The summed E-state index contributed by atoms with van der Waals surface area (Å²) in [7, 11) is 0. The Kier molecular flexibility index (Phi) is 6.08. The van der Waals surface area contributed by atoms with Crippen LogP contribution in [0.15, 0.2) is 29.4 Å². The highest BCUT2D eigenvalue weighted by Gasteiger charge is 2.20. The summed E-state index contributed by atoms with van der Waals surface area (Å²) in [5.41, 5.74) is 1.30. The van der Waals surface area contributed by atoms with E-state index in [0.717, 1.165) is 12.2 Å². The van der Waals surface area contributed by atoms with Gasteiger partial charge in [0.15, 0.2) is 5.78 Å². The van der Waals surface area contributed by atoms with Crippen LogP contribution in [0, 0.1) is 5.92 Å². The number of hydrogen-bond donors (Lipinski definition) is 2. The smallest absolute Gasteiger partial charge is 0.237 e. The van der Waals surface area contributed by atoms with Gasteiger partial charge in [-0.05, 0) is 44.0 Å². The molecule has 1 aliphatic carbocycles. The minimum Gasteiger partial charge on any atom is -0.325 e. The van der Waals surface area contributed by atoms with Crippen molar-refractivity contribution in [3.05, 3.63) is 35.7 Å². The molecule has 1 aromatic carbocycles. The Balaban J connectivity index is 1.52. The number of carbonyl (C=O) groups is 2. The third-order valence-electron chi connectivity index (χ3n) is 4.68. The lowest BCUT2D eigenvalue weighted by atomic mass is 10.0. The highest BCUT2D eigenvalue weighted by molar-refractivity contribution is 8.00. The summed E-state index contributed by atoms with van der Waals surface area (Å²) in [6.45, 7) is 3.35. The number of rotatable bonds is 7. The average molecular weight is 372 g/mol. The van der Waals surface area contributed by atoms with Crippen molar-refractivity contribution in [1.29, 1.82) is 0 Å². The van der Waals surface area contributed by atoms with E-state index in [1.165, 1.54) is 44.4 Å². The molecule has 26 heavy (non-hydrogen) atoms. The van der Waals surface area contributed by atoms with Gasteiger partial charge in [-0.2, -0.15) is 0 Å². The monoisotopic (exact) mass is 372 g/mol. The van der Waals surface area contributed by atoms with Crippen molar-refractivity contribution in [1.82, 2.24) is 15.2 Å². The van der Waals surface area contributed by atoms with Gasteiger partial charge in [0, 0.05) is 17.7 Å². The summed E-state index contributed by atoms with van der Waals surface area (Å²) in [5, 5.41) is 10.4. The van der Waals surface area contributed by atoms with Gasteiger partial charge in [-0.3, -0.25) is 14.7 Å². The van der Waals surface area contributed by atoms with Crippen molar-refractivity contribution < 1.29 is 9.59 Å². The third-order valence-corrected chi connectivity index (χ3v) is 5.64. The van der Waals surface area contributed by atoms with Gasteiger partial charge in [0.1, 0.15) is 5.82 Å². The second-order valence-electron chi connectivity index (χ2n) is 6.80. The predicted octanol–water partition coefficient (Wildman–Crippen LogP) is 3.86. The molecular weight excluding hydrogens is 348 g/mol. The molecule has 1 heterocycles. The first-order chi connectivity index (χ1) is 12.5. The molecule has 0 unspecified atom stereocenters. The quantitative estimate of drug-likeness (QED) is 0.569. The van der Waals surface area contributed by atoms with E-state index in [9.17, 15) is 9.59 Å². The van der Waals surface area contributed by atoms with Crippen molar-refractivity contribution >= 4 is 29.1 Å². The fraction of sp³-hybridized carbons (Fsp3) is 0.474. The van der Waals surface area contributed by atoms with Gasteiger partial charge >= 0.3 is 0 Å². The molecule has 1 amide bonds. The number of nitrogens with zero attached hydrogens (tertiary/aromatic N) is 2. The molecule has 0 saturated heterocycles. The van der Waals surface area contributed by atoms with Crippen LogP contribution in [0.3, 0.4) is 0 Å². The summed E-state index contributed by atoms with van der Waals surface area (Å²) < 4.78 is 0. The van der Waals surface area contributed by atoms with E-state index in [-0.39, 0.29) is 16.9 Å². The van der Waals surface area contributed by atoms with E-state index in [1.54, 1.807) is 24.3 Å². The number of amides is 1. The van der Waals surface area contributed by atoms with Gasteiger partial charge in [-0.15, -0.1) is 5.10 Å². The normalized spacial score (nSPS) is 15.8. The molecule has 138 valence electrons. The van der Waals surface area contributed by atoms with Gasteiger partial charge in [0.2, 0.25) is 11.1 Å². The second-order valence-corrected chi connectivity index (χ2v) is 8.11. The van der Waals surface area contributed by atoms with Gasteiger partial charge in [0.25, 0.3) is 0 Å². The topological polar surface area (TPSA) is 87.7 Å². The van der Waals surface area contributed by atoms with E-state index in [1.807, 2.05) is 6.92 Å². The minimum absolute atomic E-state index is 0.00446. The van der Waals surface area contributed by atoms with E-state index in [0.29, 0.717) is 22.3 Å². The maximum absolute atomic E-state index is 12.4. The standard InChI is InChI=1S/C19H24N4O2S/c1-12(24)15-7-9-16(10-8-15)20-18(25)13(2)26-19-21-17(22-23-19)11-14-5-3-4-6-14/h7-10,13-14H,3-6,11H2,1-2H3,(H,20,25)(H,21,22,23)/t13-/m0/s1. The summed E-state index contributed by atoms with van der Waals surface area (Å²) >= 11 is 1.34. The third kappa shape index (κ3) is 4.94. The van der Waals surface area contributed by atoms with E-state index in [2.05, 4.69) is 20.5 Å². The van der Waals surface area contributed by atoms with Crippen molar-refractivity contribution in [2.75, 3.05) is 5.32 Å². The Morgan fingerprint density at radius 1 is 1.27 bits per heavy atom. The molecule has 2 N–H and O–H groups in total. The van der Waals surface area contributed by atoms with Crippen LogP contribution in [0.2, 0.25) is 0 Å². The average Bonchev–Trinajstić information content (AvgIpc) is 3.28. The number of thioether (sulfide) groups is 1. The molecule has 7 heteroatoms. The molecule has 1 fully saturated rings. The number of Topliss-reactive ketones (excluding diaryl/α,β-unsaturated/α-hetero) is 1. The molecule has 1 atom stereocenters. The largest absolute Gasteiger partial charge is 0.325 e. The lowest BCUT2D eigenvalue weighted by molar-refractivity contribution is -0.115. The summed E-state index contributed by atoms with van der Waals surface area (Å²) in [6, 6.07) is 6.89. The summed E-state index contributed by atoms with van der Waals surface area (Å²) in [4.78, 5) is 28.2. The first kappa shape index (κ1) is 18.6. The molecular formula is C19H24N4O2S. The van der Waals surface area contributed by atoms with Crippen molar-refractivity contribution in [3.8, 4) is 0 Å². The van der Waals surface area contributed by atoms with E-state index < -0.39 is 0 Å². The van der Waals surface area contributed by atoms with E-state index >= 15 is 0 Å². The molecule has 0 bridgehead atoms. The molecule has 2 aromatic rings. The van der Waals surface area contributed by atoms with Gasteiger partial charge < -0.3 is 5.32 Å². The van der Waals surface area contributed by atoms with Crippen molar-refractivity contribution in [2.24, 2.45) is 5.92 Å². The van der Waals surface area contributed by atoms with Crippen LogP contribution in [0.5, 0.6) is 0 Å². The highest BCUT2D eigenvalue weighted by Crippen LogP contribution is 2.28. The number of ketones is 1. The summed E-state index contributed by atoms with van der Waals surface area (Å²) in [6.07, 6.45) is 6.10. The Morgan fingerprint density at radius 3 is 2.62 bits per heavy atom. The number of hydrogen-bond acceptors (Lipinski definition) is 5. The second kappa shape index (κ2) is 8.49. The Hall–Kier alpha value is -2.15. The first-order valence-corrected chi connectivity index (χ1v) is 9.89. The minimum atomic E-state index is -0.322. The van der Waals surface area contributed by atoms with Crippen molar-refractivity contribution in [3.63, 3.8) is 0 Å². The molecule has 0 radical (unpaired) electrons.